The number of carboxylic acid groups (broad SMARTS) is 1. The summed E-state index contributed by atoms with van der Waals surface area (Å²) in [5.74, 6) is -1.44. The Morgan fingerprint density at radius 3 is 2.52 bits per heavy atom. The van der Waals surface area contributed by atoms with Crippen LogP contribution in [0.25, 0.3) is 27.5 Å². The molecule has 2 aromatic heterocycles. The summed E-state index contributed by atoms with van der Waals surface area (Å²) in [4.78, 5) is 32.3. The van der Waals surface area contributed by atoms with E-state index >= 15 is 0 Å². The van der Waals surface area contributed by atoms with E-state index in [1.54, 1.807) is 32.3 Å². The maximum absolute atomic E-state index is 11.9. The minimum absolute atomic E-state index is 0.426. The van der Waals surface area contributed by atoms with Gasteiger partial charge in [-0.05, 0) is 37.4 Å². The van der Waals surface area contributed by atoms with Crippen LogP contribution in [0.4, 0.5) is 0 Å². The molecule has 0 aliphatic rings. The normalized spacial score (nSPS) is 11.8. The molecular weight excluding hydrogens is 388 g/mol. The number of carbonyl (C=O) groups is 2. The van der Waals surface area contributed by atoms with Crippen molar-refractivity contribution in [2.75, 3.05) is 0 Å². The number of imidazole rings is 1. The standard InChI is InChI=1S/C21H18N4O3S/c1-21(2,19(27)28)29-20-24-15-11-23-10-9-17(15)25(20)16-8-7-14(18(22)26)12-5-3-4-6-13(12)16/h3-11H,1-2H3,(H2,22,26)(H,27,28). The van der Waals surface area contributed by atoms with Gasteiger partial charge in [0.1, 0.15) is 10.3 Å². The average Bonchev–Trinajstić information content (AvgIpc) is 3.03. The van der Waals surface area contributed by atoms with Crippen molar-refractivity contribution in [1.82, 2.24) is 14.5 Å². The molecule has 0 radical (unpaired) electrons. The molecule has 8 heteroatoms. The van der Waals surface area contributed by atoms with Crippen LogP contribution in [-0.4, -0.2) is 36.3 Å². The zero-order valence-electron chi connectivity index (χ0n) is 15.8. The second-order valence-corrected chi connectivity index (χ2v) is 8.64. The molecule has 4 aromatic rings. The number of carboxylic acids is 1. The smallest absolute Gasteiger partial charge is 0.319 e. The molecule has 0 fully saturated rings. The first-order valence-electron chi connectivity index (χ1n) is 8.86. The Balaban J connectivity index is 2.04. The molecule has 0 spiro atoms. The van der Waals surface area contributed by atoms with Gasteiger partial charge in [-0.1, -0.05) is 36.0 Å². The highest BCUT2D eigenvalue weighted by Gasteiger charge is 2.31. The zero-order valence-corrected chi connectivity index (χ0v) is 16.6. The number of nitrogens with two attached hydrogens (primary N) is 1. The number of hydrogen-bond acceptors (Lipinski definition) is 5. The number of benzene rings is 2. The third kappa shape index (κ3) is 3.21. The van der Waals surface area contributed by atoms with E-state index in [2.05, 4.69) is 9.97 Å². The lowest BCUT2D eigenvalue weighted by Gasteiger charge is -2.19. The van der Waals surface area contributed by atoms with Gasteiger partial charge >= 0.3 is 5.97 Å². The van der Waals surface area contributed by atoms with Gasteiger partial charge in [-0.3, -0.25) is 19.1 Å². The fourth-order valence-corrected chi connectivity index (χ4v) is 4.15. The molecular formula is C21H18N4O3S. The molecule has 0 atom stereocenters. The number of hydrogen-bond donors (Lipinski definition) is 2. The second kappa shape index (κ2) is 6.89. The van der Waals surface area contributed by atoms with Crippen LogP contribution >= 0.6 is 11.8 Å². The number of rotatable bonds is 5. The van der Waals surface area contributed by atoms with Crippen LogP contribution in [0, 0.1) is 0 Å². The highest BCUT2D eigenvalue weighted by Crippen LogP contribution is 2.37. The van der Waals surface area contributed by atoms with Gasteiger partial charge in [-0.2, -0.15) is 0 Å². The largest absolute Gasteiger partial charge is 0.480 e. The fourth-order valence-electron chi connectivity index (χ4n) is 3.18. The van der Waals surface area contributed by atoms with Gasteiger partial charge in [0.15, 0.2) is 5.16 Å². The van der Waals surface area contributed by atoms with E-state index in [1.165, 1.54) is 0 Å². The Kier molecular flexibility index (Phi) is 4.50. The number of carbonyl (C=O) groups excluding carboxylic acids is 1. The summed E-state index contributed by atoms with van der Waals surface area (Å²) < 4.78 is 0.814. The first-order valence-corrected chi connectivity index (χ1v) is 9.68. The van der Waals surface area contributed by atoms with Crippen molar-refractivity contribution in [3.05, 3.63) is 60.4 Å². The van der Waals surface area contributed by atoms with Crippen molar-refractivity contribution in [3.8, 4) is 5.69 Å². The van der Waals surface area contributed by atoms with Crippen molar-refractivity contribution < 1.29 is 14.7 Å². The van der Waals surface area contributed by atoms with Gasteiger partial charge in [0.05, 0.1) is 17.4 Å². The number of pyridine rings is 1. The van der Waals surface area contributed by atoms with Crippen molar-refractivity contribution in [2.24, 2.45) is 5.73 Å². The van der Waals surface area contributed by atoms with E-state index in [9.17, 15) is 14.7 Å². The van der Waals surface area contributed by atoms with Crippen LogP contribution in [0.15, 0.2) is 60.0 Å². The Hall–Kier alpha value is -3.39. The minimum atomic E-state index is -1.09. The molecule has 146 valence electrons. The van der Waals surface area contributed by atoms with Gasteiger partial charge < -0.3 is 10.8 Å². The van der Waals surface area contributed by atoms with Crippen LogP contribution in [0.3, 0.4) is 0 Å². The molecule has 4 rings (SSSR count). The number of aromatic nitrogens is 3. The van der Waals surface area contributed by atoms with Gasteiger partial charge in [-0.15, -0.1) is 0 Å². The van der Waals surface area contributed by atoms with Crippen LogP contribution in [-0.2, 0) is 4.79 Å². The maximum atomic E-state index is 11.9. The van der Waals surface area contributed by atoms with E-state index in [-0.39, 0.29) is 0 Å². The molecule has 0 bridgehead atoms. The number of aliphatic carboxylic acids is 1. The molecule has 1 amide bonds. The minimum Gasteiger partial charge on any atom is -0.480 e. The lowest BCUT2D eigenvalue weighted by atomic mass is 10.0. The zero-order chi connectivity index (χ0) is 20.8. The molecule has 7 nitrogen and oxygen atoms in total. The average molecular weight is 406 g/mol. The van der Waals surface area contributed by atoms with Crippen LogP contribution < -0.4 is 5.73 Å². The number of fused-ring (bicyclic) bond motifs is 2. The quantitative estimate of drug-likeness (QED) is 0.490. The predicted molar refractivity (Wildman–Crippen MR) is 112 cm³/mol. The third-order valence-corrected chi connectivity index (χ3v) is 5.84. The molecule has 0 aliphatic heterocycles. The maximum Gasteiger partial charge on any atom is 0.319 e. The van der Waals surface area contributed by atoms with E-state index < -0.39 is 16.6 Å². The van der Waals surface area contributed by atoms with Crippen LogP contribution in [0.5, 0.6) is 0 Å². The van der Waals surface area contributed by atoms with Gasteiger partial charge in [0.25, 0.3) is 0 Å². The van der Waals surface area contributed by atoms with E-state index in [1.807, 2.05) is 41.0 Å². The Morgan fingerprint density at radius 1 is 1.10 bits per heavy atom. The number of primary amides is 1. The number of amides is 1. The second-order valence-electron chi connectivity index (χ2n) is 7.05. The fraction of sp³-hybridized carbons (Fsp3) is 0.143. The molecule has 0 saturated heterocycles. The molecule has 29 heavy (non-hydrogen) atoms. The van der Waals surface area contributed by atoms with E-state index in [0.717, 1.165) is 33.7 Å². The lowest BCUT2D eigenvalue weighted by Crippen LogP contribution is -2.27. The summed E-state index contributed by atoms with van der Waals surface area (Å²) in [5.41, 5.74) is 8.20. The predicted octanol–water partition coefficient (Wildman–Crippen LogP) is 3.63. The highest BCUT2D eigenvalue weighted by atomic mass is 32.2. The topological polar surface area (TPSA) is 111 Å². The highest BCUT2D eigenvalue weighted by molar-refractivity contribution is 8.01. The van der Waals surface area contributed by atoms with Crippen molar-refractivity contribution in [2.45, 2.75) is 23.8 Å². The molecule has 0 saturated carbocycles. The number of thioether (sulfide) groups is 1. The van der Waals surface area contributed by atoms with Crippen LogP contribution in [0.2, 0.25) is 0 Å². The first-order chi connectivity index (χ1) is 13.8. The first kappa shape index (κ1) is 18.9. The Labute approximate surface area is 170 Å². The summed E-state index contributed by atoms with van der Waals surface area (Å²) in [5, 5.41) is 11.7. The monoisotopic (exact) mass is 406 g/mol. The van der Waals surface area contributed by atoms with Gasteiger partial charge in [-0.25, -0.2) is 4.98 Å². The van der Waals surface area contributed by atoms with Crippen molar-refractivity contribution in [3.63, 3.8) is 0 Å². The van der Waals surface area contributed by atoms with E-state index in [0.29, 0.717) is 16.2 Å². The van der Waals surface area contributed by atoms with Gasteiger partial charge in [0.2, 0.25) is 5.91 Å². The van der Waals surface area contributed by atoms with E-state index in [4.69, 9.17) is 5.73 Å². The lowest BCUT2D eigenvalue weighted by molar-refractivity contribution is -0.138. The Morgan fingerprint density at radius 2 is 1.83 bits per heavy atom. The summed E-state index contributed by atoms with van der Waals surface area (Å²) >= 11 is 1.15. The summed E-state index contributed by atoms with van der Waals surface area (Å²) in [6, 6.07) is 12.8. The molecule has 3 N–H and O–H groups in total. The third-order valence-electron chi connectivity index (χ3n) is 4.69. The van der Waals surface area contributed by atoms with Crippen molar-refractivity contribution in [1.29, 1.82) is 0 Å². The molecule has 2 heterocycles. The van der Waals surface area contributed by atoms with Crippen molar-refractivity contribution >= 4 is 45.4 Å². The summed E-state index contributed by atoms with van der Waals surface area (Å²) in [7, 11) is 0. The summed E-state index contributed by atoms with van der Waals surface area (Å²) in [6.45, 7) is 3.27. The SMILES string of the molecule is CC(C)(Sc1nc2cnccc2n1-c1ccc(C(N)=O)c2ccccc12)C(=O)O. The molecule has 0 unspecified atom stereocenters. The molecule has 0 aliphatic carbocycles. The Bertz CT molecular complexity index is 1280. The van der Waals surface area contributed by atoms with Crippen LogP contribution in [0.1, 0.15) is 24.2 Å². The van der Waals surface area contributed by atoms with Gasteiger partial charge in [0, 0.05) is 17.1 Å². The molecule has 2 aromatic carbocycles. The summed E-state index contributed by atoms with van der Waals surface area (Å²) in [6.07, 6.45) is 3.31. The number of nitrogens with zero attached hydrogens (tertiary/aromatic N) is 3.